The molecule has 1 aromatic heterocycles. The number of benzene rings is 1. The van der Waals surface area contributed by atoms with E-state index in [-0.39, 0.29) is 5.91 Å². The molecule has 1 fully saturated rings. The number of amides is 1. The number of rotatable bonds is 3. The van der Waals surface area contributed by atoms with Crippen LogP contribution in [0.5, 0.6) is 0 Å². The van der Waals surface area contributed by atoms with Crippen molar-refractivity contribution in [3.8, 4) is 0 Å². The number of hydrogen-bond donors (Lipinski definition) is 2. The Kier molecular flexibility index (Phi) is 3.62. The first-order chi connectivity index (χ1) is 10.8. The Labute approximate surface area is 130 Å². The quantitative estimate of drug-likeness (QED) is 0.914. The van der Waals surface area contributed by atoms with Gasteiger partial charge in [-0.3, -0.25) is 4.79 Å². The first kappa shape index (κ1) is 13.8. The molecule has 0 saturated carbocycles. The number of furan rings is 1. The number of carbonyl (C=O) groups excluding carboxylic acids is 1. The Morgan fingerprint density at radius 3 is 2.82 bits per heavy atom. The van der Waals surface area contributed by atoms with Gasteiger partial charge >= 0.3 is 0 Å². The third-order valence-corrected chi connectivity index (χ3v) is 4.92. The molecular weight excluding hydrogens is 276 g/mol. The minimum atomic E-state index is 0.107. The van der Waals surface area contributed by atoms with Gasteiger partial charge in [0, 0.05) is 17.0 Å². The van der Waals surface area contributed by atoms with E-state index in [2.05, 4.69) is 22.8 Å². The number of nitrogens with one attached hydrogen (secondary N) is 2. The van der Waals surface area contributed by atoms with Gasteiger partial charge in [0.2, 0.25) is 5.91 Å². The fourth-order valence-electron chi connectivity index (χ4n) is 3.70. The number of piperidine rings is 1. The van der Waals surface area contributed by atoms with E-state index < -0.39 is 0 Å². The third-order valence-electron chi connectivity index (χ3n) is 4.92. The monoisotopic (exact) mass is 298 g/mol. The summed E-state index contributed by atoms with van der Waals surface area (Å²) in [4.78, 5) is 12.3. The van der Waals surface area contributed by atoms with Crippen LogP contribution in [0, 0.1) is 0 Å². The predicted molar refractivity (Wildman–Crippen MR) is 86.0 cm³/mol. The average Bonchev–Trinajstić information content (AvgIpc) is 3.13. The lowest BCUT2D eigenvalue weighted by atomic mass is 10.0. The summed E-state index contributed by atoms with van der Waals surface area (Å²) in [5.41, 5.74) is 4.77. The Morgan fingerprint density at radius 1 is 1.23 bits per heavy atom. The van der Waals surface area contributed by atoms with E-state index in [0.29, 0.717) is 12.5 Å². The van der Waals surface area contributed by atoms with Crippen LogP contribution in [0.2, 0.25) is 0 Å². The van der Waals surface area contributed by atoms with Gasteiger partial charge in [0.15, 0.2) is 0 Å². The maximum Gasteiger partial charge on any atom is 0.224 e. The summed E-state index contributed by atoms with van der Waals surface area (Å²) < 4.78 is 5.68. The van der Waals surface area contributed by atoms with Gasteiger partial charge in [0.25, 0.3) is 0 Å². The van der Waals surface area contributed by atoms with Gasteiger partial charge in [-0.25, -0.2) is 0 Å². The summed E-state index contributed by atoms with van der Waals surface area (Å²) in [6.07, 6.45) is 7.73. The second-order valence-corrected chi connectivity index (χ2v) is 6.50. The largest absolute Gasteiger partial charge is 0.464 e. The van der Waals surface area contributed by atoms with E-state index in [1.54, 1.807) is 6.26 Å². The van der Waals surface area contributed by atoms with Gasteiger partial charge in [0.05, 0.1) is 12.7 Å². The highest BCUT2D eigenvalue weighted by atomic mass is 16.3. The number of aryl methyl sites for hydroxylation is 2. The molecule has 1 saturated heterocycles. The molecule has 0 bridgehead atoms. The summed E-state index contributed by atoms with van der Waals surface area (Å²) in [7, 11) is 0. The van der Waals surface area contributed by atoms with Crippen LogP contribution in [0.25, 0.3) is 11.0 Å². The Morgan fingerprint density at radius 2 is 2.00 bits per heavy atom. The van der Waals surface area contributed by atoms with Crippen LogP contribution in [0.1, 0.15) is 36.0 Å². The highest BCUT2D eigenvalue weighted by molar-refractivity contribution is 5.88. The first-order valence-corrected chi connectivity index (χ1v) is 8.31. The molecule has 4 heteroatoms. The maximum atomic E-state index is 12.3. The van der Waals surface area contributed by atoms with E-state index in [1.807, 2.05) is 0 Å². The molecule has 1 aliphatic carbocycles. The molecule has 22 heavy (non-hydrogen) atoms. The lowest BCUT2D eigenvalue weighted by Crippen LogP contribution is -2.43. The number of carbonyl (C=O) groups is 1. The summed E-state index contributed by atoms with van der Waals surface area (Å²) >= 11 is 0. The SMILES string of the molecule is O=C(Cc1coc2cc3c(cc12)CCC3)NC1CCNCC1. The van der Waals surface area contributed by atoms with Crippen LogP contribution in [0.4, 0.5) is 0 Å². The van der Waals surface area contributed by atoms with Crippen LogP contribution in [-0.2, 0) is 24.1 Å². The van der Waals surface area contributed by atoms with Crippen molar-refractivity contribution in [2.45, 2.75) is 44.6 Å². The molecule has 0 unspecified atom stereocenters. The zero-order valence-corrected chi connectivity index (χ0v) is 12.8. The van der Waals surface area contributed by atoms with Crippen molar-refractivity contribution in [3.05, 3.63) is 35.1 Å². The Hall–Kier alpha value is -1.81. The van der Waals surface area contributed by atoms with E-state index >= 15 is 0 Å². The first-order valence-electron chi connectivity index (χ1n) is 8.31. The van der Waals surface area contributed by atoms with Gasteiger partial charge in [-0.05, 0) is 68.5 Å². The fourth-order valence-corrected chi connectivity index (χ4v) is 3.70. The van der Waals surface area contributed by atoms with Crippen LogP contribution >= 0.6 is 0 Å². The molecule has 0 atom stereocenters. The summed E-state index contributed by atoms with van der Waals surface area (Å²) in [6.45, 7) is 1.98. The maximum absolute atomic E-state index is 12.3. The smallest absolute Gasteiger partial charge is 0.224 e. The van der Waals surface area contributed by atoms with Crippen molar-refractivity contribution in [3.63, 3.8) is 0 Å². The second-order valence-electron chi connectivity index (χ2n) is 6.50. The van der Waals surface area contributed by atoms with Crippen molar-refractivity contribution in [1.29, 1.82) is 0 Å². The van der Waals surface area contributed by atoms with Gasteiger partial charge in [-0.1, -0.05) is 0 Å². The highest BCUT2D eigenvalue weighted by Gasteiger charge is 2.19. The van der Waals surface area contributed by atoms with Crippen LogP contribution in [0.15, 0.2) is 22.8 Å². The van der Waals surface area contributed by atoms with E-state index in [1.165, 1.54) is 17.5 Å². The van der Waals surface area contributed by atoms with Crippen molar-refractivity contribution >= 4 is 16.9 Å². The van der Waals surface area contributed by atoms with Crippen LogP contribution < -0.4 is 10.6 Å². The van der Waals surface area contributed by atoms with Crippen LogP contribution in [0.3, 0.4) is 0 Å². The molecule has 0 spiro atoms. The fraction of sp³-hybridized carbons (Fsp3) is 0.500. The molecule has 1 amide bonds. The molecule has 2 aromatic rings. The number of hydrogen-bond acceptors (Lipinski definition) is 3. The predicted octanol–water partition coefficient (Wildman–Crippen LogP) is 2.33. The average molecular weight is 298 g/mol. The molecule has 2 heterocycles. The van der Waals surface area contributed by atoms with Crippen LogP contribution in [-0.4, -0.2) is 25.0 Å². The second kappa shape index (κ2) is 5.76. The molecule has 2 N–H and O–H groups in total. The minimum Gasteiger partial charge on any atom is -0.464 e. The lowest BCUT2D eigenvalue weighted by Gasteiger charge is -2.23. The lowest BCUT2D eigenvalue weighted by molar-refractivity contribution is -0.121. The van der Waals surface area contributed by atoms with Crippen molar-refractivity contribution < 1.29 is 9.21 Å². The normalized spacial score (nSPS) is 18.5. The highest BCUT2D eigenvalue weighted by Crippen LogP contribution is 2.30. The van der Waals surface area contributed by atoms with Crippen molar-refractivity contribution in [2.24, 2.45) is 0 Å². The molecule has 1 aromatic carbocycles. The van der Waals surface area contributed by atoms with Gasteiger partial charge < -0.3 is 15.1 Å². The standard InChI is InChI=1S/C18H22N2O2/c21-18(20-15-4-6-19-7-5-15)10-14-11-22-17-9-13-3-1-2-12(13)8-16(14)17/h8-9,11,15,19H,1-7,10H2,(H,20,21). The van der Waals surface area contributed by atoms with Gasteiger partial charge in [-0.15, -0.1) is 0 Å². The van der Waals surface area contributed by atoms with Gasteiger partial charge in [0.1, 0.15) is 5.58 Å². The number of fused-ring (bicyclic) bond motifs is 2. The molecule has 0 radical (unpaired) electrons. The third kappa shape index (κ3) is 2.63. The van der Waals surface area contributed by atoms with E-state index in [0.717, 1.165) is 55.3 Å². The minimum absolute atomic E-state index is 0.107. The summed E-state index contributed by atoms with van der Waals surface area (Å²) in [5, 5.41) is 7.58. The molecule has 4 nitrogen and oxygen atoms in total. The summed E-state index contributed by atoms with van der Waals surface area (Å²) in [6, 6.07) is 4.70. The van der Waals surface area contributed by atoms with E-state index in [9.17, 15) is 4.79 Å². The molecule has 2 aliphatic rings. The molecule has 1 aliphatic heterocycles. The zero-order valence-electron chi connectivity index (χ0n) is 12.8. The molecular formula is C18H22N2O2. The van der Waals surface area contributed by atoms with Gasteiger partial charge in [-0.2, -0.15) is 0 Å². The van der Waals surface area contributed by atoms with Crippen molar-refractivity contribution in [2.75, 3.05) is 13.1 Å². The van der Waals surface area contributed by atoms with E-state index in [4.69, 9.17) is 4.42 Å². The van der Waals surface area contributed by atoms with Crippen molar-refractivity contribution in [1.82, 2.24) is 10.6 Å². The summed E-state index contributed by atoms with van der Waals surface area (Å²) in [5.74, 6) is 0.107. The Bertz CT molecular complexity index is 698. The molecule has 4 rings (SSSR count). The topological polar surface area (TPSA) is 54.3 Å². The zero-order chi connectivity index (χ0) is 14.9. The Balaban J connectivity index is 1.50. The molecule has 116 valence electrons.